The van der Waals surface area contributed by atoms with E-state index in [-0.39, 0.29) is 5.41 Å². The fourth-order valence-corrected chi connectivity index (χ4v) is 3.90. The highest BCUT2D eigenvalue weighted by Crippen LogP contribution is 2.40. The van der Waals surface area contributed by atoms with Crippen LogP contribution in [0.1, 0.15) is 32.3 Å². The molecule has 3 heteroatoms. The van der Waals surface area contributed by atoms with Crippen LogP contribution < -0.4 is 5.32 Å². The number of para-hydroxylation sites is 1. The van der Waals surface area contributed by atoms with E-state index in [4.69, 9.17) is 0 Å². The first-order valence-electron chi connectivity index (χ1n) is 9.39. The molecule has 1 saturated heterocycles. The maximum atomic E-state index is 9.82. The van der Waals surface area contributed by atoms with Crippen LogP contribution in [0.25, 0.3) is 0 Å². The molecule has 25 heavy (non-hydrogen) atoms. The Morgan fingerprint density at radius 2 is 1.96 bits per heavy atom. The van der Waals surface area contributed by atoms with Gasteiger partial charge in [-0.1, -0.05) is 44.2 Å². The molecule has 2 N–H and O–H groups in total. The molecule has 0 radical (unpaired) electrons. The van der Waals surface area contributed by atoms with E-state index >= 15 is 0 Å². The van der Waals surface area contributed by atoms with Crippen molar-refractivity contribution in [2.24, 2.45) is 5.92 Å². The zero-order valence-corrected chi connectivity index (χ0v) is 15.4. The van der Waals surface area contributed by atoms with Gasteiger partial charge in [0.25, 0.3) is 0 Å². The van der Waals surface area contributed by atoms with Crippen LogP contribution in [0.3, 0.4) is 0 Å². The average molecular weight is 338 g/mol. The quantitative estimate of drug-likeness (QED) is 0.762. The number of nitrogens with zero attached hydrogens (tertiary/aromatic N) is 1. The van der Waals surface area contributed by atoms with Gasteiger partial charge in [0.1, 0.15) is 5.75 Å². The summed E-state index contributed by atoms with van der Waals surface area (Å²) < 4.78 is 0. The molecule has 0 unspecified atom stereocenters. The first-order valence-corrected chi connectivity index (χ1v) is 9.39. The van der Waals surface area contributed by atoms with E-state index < -0.39 is 0 Å². The van der Waals surface area contributed by atoms with Crippen LogP contribution >= 0.6 is 0 Å². The molecule has 1 aliphatic rings. The summed E-state index contributed by atoms with van der Waals surface area (Å²) in [5, 5.41) is 13.3. The van der Waals surface area contributed by atoms with Gasteiger partial charge in [-0.25, -0.2) is 0 Å². The molecule has 1 aliphatic heterocycles. The lowest BCUT2D eigenvalue weighted by atomic mass is 9.68. The summed E-state index contributed by atoms with van der Waals surface area (Å²) >= 11 is 0. The van der Waals surface area contributed by atoms with E-state index in [9.17, 15) is 5.11 Å². The molecule has 0 spiro atoms. The fraction of sp³-hybridized carbons (Fsp3) is 0.455. The lowest BCUT2D eigenvalue weighted by Gasteiger charge is -2.45. The predicted molar refractivity (Wildman–Crippen MR) is 105 cm³/mol. The number of benzene rings is 2. The fourth-order valence-electron chi connectivity index (χ4n) is 3.90. The minimum absolute atomic E-state index is 0.150. The van der Waals surface area contributed by atoms with Crippen molar-refractivity contribution in [3.8, 4) is 5.75 Å². The van der Waals surface area contributed by atoms with Crippen molar-refractivity contribution in [2.45, 2.75) is 32.1 Å². The van der Waals surface area contributed by atoms with Gasteiger partial charge in [-0.15, -0.1) is 0 Å². The largest absolute Gasteiger partial charge is 0.508 e. The Balaban J connectivity index is 1.48. The summed E-state index contributed by atoms with van der Waals surface area (Å²) in [6.07, 6.45) is 2.30. The van der Waals surface area contributed by atoms with Gasteiger partial charge in [-0.05, 0) is 67.1 Å². The maximum Gasteiger partial charge on any atom is 0.115 e. The maximum absolute atomic E-state index is 9.82. The highest BCUT2D eigenvalue weighted by Gasteiger charge is 2.37. The zero-order valence-electron chi connectivity index (χ0n) is 15.4. The van der Waals surface area contributed by atoms with Crippen LogP contribution in [0.15, 0.2) is 54.6 Å². The molecule has 2 aromatic carbocycles. The van der Waals surface area contributed by atoms with E-state index in [1.165, 1.54) is 11.3 Å². The molecule has 1 heterocycles. The molecule has 134 valence electrons. The highest BCUT2D eigenvalue weighted by molar-refractivity contribution is 5.42. The molecule has 1 fully saturated rings. The van der Waals surface area contributed by atoms with Crippen molar-refractivity contribution in [3.63, 3.8) is 0 Å². The summed E-state index contributed by atoms with van der Waals surface area (Å²) in [5.41, 5.74) is 2.62. The number of hydrogen-bond acceptors (Lipinski definition) is 3. The molecular weight excluding hydrogens is 308 g/mol. The molecule has 0 amide bonds. The molecule has 3 nitrogen and oxygen atoms in total. The van der Waals surface area contributed by atoms with E-state index in [0.717, 1.165) is 39.0 Å². The average Bonchev–Trinajstić information content (AvgIpc) is 2.63. The number of piperidine rings is 1. The van der Waals surface area contributed by atoms with Crippen LogP contribution in [0.5, 0.6) is 5.75 Å². The van der Waals surface area contributed by atoms with Gasteiger partial charge < -0.3 is 15.3 Å². The Hall–Kier alpha value is -2.00. The van der Waals surface area contributed by atoms with Crippen molar-refractivity contribution in [3.05, 3.63) is 60.2 Å². The molecule has 0 bridgehead atoms. The molecule has 3 rings (SSSR count). The number of rotatable bonds is 6. The molecule has 0 saturated carbocycles. The van der Waals surface area contributed by atoms with E-state index in [1.807, 2.05) is 18.2 Å². The van der Waals surface area contributed by atoms with Crippen LogP contribution in [0, 0.1) is 5.92 Å². The van der Waals surface area contributed by atoms with Crippen LogP contribution in [0.4, 0.5) is 5.69 Å². The van der Waals surface area contributed by atoms with Crippen LogP contribution in [-0.4, -0.2) is 36.2 Å². The monoisotopic (exact) mass is 338 g/mol. The molecule has 0 aliphatic carbocycles. The topological polar surface area (TPSA) is 35.5 Å². The van der Waals surface area contributed by atoms with Gasteiger partial charge in [-0.3, -0.25) is 0 Å². The number of anilines is 1. The third kappa shape index (κ3) is 4.35. The minimum atomic E-state index is 0.150. The van der Waals surface area contributed by atoms with Gasteiger partial charge in [0.15, 0.2) is 0 Å². The van der Waals surface area contributed by atoms with E-state index in [1.54, 1.807) is 6.07 Å². The van der Waals surface area contributed by atoms with Crippen LogP contribution in [0.2, 0.25) is 0 Å². The molecule has 2 atom stereocenters. The van der Waals surface area contributed by atoms with Crippen molar-refractivity contribution >= 4 is 5.69 Å². The summed E-state index contributed by atoms with van der Waals surface area (Å²) in [7, 11) is 0. The number of phenols is 1. The van der Waals surface area contributed by atoms with Gasteiger partial charge in [0, 0.05) is 18.8 Å². The van der Waals surface area contributed by atoms with Gasteiger partial charge in [0.2, 0.25) is 0 Å². The first-order chi connectivity index (χ1) is 12.1. The summed E-state index contributed by atoms with van der Waals surface area (Å²) in [4.78, 5) is 2.59. The third-order valence-corrected chi connectivity index (χ3v) is 5.83. The van der Waals surface area contributed by atoms with Gasteiger partial charge in [-0.2, -0.15) is 0 Å². The number of hydrogen-bond donors (Lipinski definition) is 2. The first kappa shape index (κ1) is 17.8. The SMILES string of the molecule is C[C@H]1CN(CCCNc2ccccc2)CC[C@]1(C)c1cccc(O)c1. The number of nitrogens with one attached hydrogen (secondary N) is 1. The summed E-state index contributed by atoms with van der Waals surface area (Å²) in [6, 6.07) is 18.2. The predicted octanol–water partition coefficient (Wildman–Crippen LogP) is 4.49. The third-order valence-electron chi connectivity index (χ3n) is 5.83. The second kappa shape index (κ2) is 7.92. The second-order valence-corrected chi connectivity index (χ2v) is 7.57. The standard InChI is InChI=1S/C22H30N2O/c1-18-17-24(14-7-13-23-20-9-4-3-5-10-20)15-12-22(18,2)19-8-6-11-21(25)16-19/h3-6,8-11,16,18,23,25H,7,12-15,17H2,1-2H3/t18-,22-/m0/s1. The van der Waals surface area contributed by atoms with Crippen molar-refractivity contribution in [1.82, 2.24) is 4.90 Å². The number of phenolic OH excluding ortho intramolecular Hbond substituents is 1. The summed E-state index contributed by atoms with van der Waals surface area (Å²) in [5.74, 6) is 0.950. The molecule has 0 aromatic heterocycles. The lowest BCUT2D eigenvalue weighted by molar-refractivity contribution is 0.111. The van der Waals surface area contributed by atoms with E-state index in [0.29, 0.717) is 11.7 Å². The Kier molecular flexibility index (Phi) is 5.64. The van der Waals surface area contributed by atoms with E-state index in [2.05, 4.69) is 54.4 Å². The van der Waals surface area contributed by atoms with Crippen molar-refractivity contribution in [1.29, 1.82) is 0 Å². The number of aromatic hydroxyl groups is 1. The van der Waals surface area contributed by atoms with Gasteiger partial charge >= 0.3 is 0 Å². The number of likely N-dealkylation sites (tertiary alicyclic amines) is 1. The molecular formula is C22H30N2O. The normalized spacial score (nSPS) is 24.2. The lowest BCUT2D eigenvalue weighted by Crippen LogP contribution is -2.47. The Morgan fingerprint density at radius 1 is 1.16 bits per heavy atom. The second-order valence-electron chi connectivity index (χ2n) is 7.57. The highest BCUT2D eigenvalue weighted by atomic mass is 16.3. The summed E-state index contributed by atoms with van der Waals surface area (Å²) in [6.45, 7) is 9.09. The Bertz CT molecular complexity index is 673. The van der Waals surface area contributed by atoms with Crippen molar-refractivity contribution in [2.75, 3.05) is 31.5 Å². The smallest absolute Gasteiger partial charge is 0.115 e. The van der Waals surface area contributed by atoms with Crippen LogP contribution in [-0.2, 0) is 5.41 Å². The Labute approximate surface area is 151 Å². The minimum Gasteiger partial charge on any atom is -0.508 e. The van der Waals surface area contributed by atoms with Gasteiger partial charge in [0.05, 0.1) is 0 Å². The van der Waals surface area contributed by atoms with Crippen molar-refractivity contribution < 1.29 is 5.11 Å². The Morgan fingerprint density at radius 3 is 2.68 bits per heavy atom. The molecule has 2 aromatic rings. The zero-order chi connectivity index (χ0) is 17.7.